The summed E-state index contributed by atoms with van der Waals surface area (Å²) >= 11 is 0. The molecule has 12 atom stereocenters. The fraction of sp³-hybridized carbons (Fsp3) is 0.722. The smallest absolute Gasteiger partial charge is 0.326 e. The lowest BCUT2D eigenvalue weighted by Crippen LogP contribution is -2.62. The summed E-state index contributed by atoms with van der Waals surface area (Å²) in [6.45, 7) is 12.1. The Labute approximate surface area is 376 Å². The minimum atomic E-state index is -1.02. The number of carbonyl (C=O) groups excluding carboxylic acids is 2. The molecule has 5 N–H and O–H groups in total. The number of rotatable bonds is 26. The number of nitrogens with one attached hydrogen (secondary N) is 2. The first kappa shape index (κ1) is 51.4. The third-order valence-electron chi connectivity index (χ3n) is 16.0. The highest BCUT2D eigenvalue weighted by Gasteiger charge is 2.64. The number of unbranched alkanes of at least 4 members (excludes halogenated alkanes) is 1. The van der Waals surface area contributed by atoms with Gasteiger partial charge in [-0.25, -0.2) is 4.79 Å². The maximum Gasteiger partial charge on any atom is 0.326 e. The number of aliphatic hydroxyl groups excluding tert-OH is 2. The number of carbonyl (C=O) groups is 3. The fourth-order valence-corrected chi connectivity index (χ4v) is 12.7. The van der Waals surface area contributed by atoms with Crippen LogP contribution in [0.2, 0.25) is 0 Å². The van der Waals surface area contributed by atoms with E-state index in [1.807, 2.05) is 6.08 Å². The van der Waals surface area contributed by atoms with Crippen LogP contribution in [0.1, 0.15) is 169 Å². The fourth-order valence-electron chi connectivity index (χ4n) is 12.7. The van der Waals surface area contributed by atoms with Gasteiger partial charge in [-0.3, -0.25) is 9.59 Å². The van der Waals surface area contributed by atoms with Gasteiger partial charge in [-0.1, -0.05) is 114 Å². The van der Waals surface area contributed by atoms with Crippen molar-refractivity contribution in [2.45, 2.75) is 188 Å². The molecular formula is C54H86N2O6. The van der Waals surface area contributed by atoms with Crippen LogP contribution in [-0.2, 0) is 14.4 Å². The second kappa shape index (κ2) is 26.5. The number of aliphatic hydroxyl groups is 2. The van der Waals surface area contributed by atoms with Crippen LogP contribution in [0.25, 0.3) is 0 Å². The molecule has 0 heterocycles. The predicted molar refractivity (Wildman–Crippen MR) is 254 cm³/mol. The van der Waals surface area contributed by atoms with E-state index >= 15 is 0 Å². The van der Waals surface area contributed by atoms with Gasteiger partial charge in [-0.15, -0.1) is 0 Å². The molecule has 2 amide bonds. The quantitative estimate of drug-likeness (QED) is 0.0434. The Hall–Kier alpha value is -3.23. The zero-order chi connectivity index (χ0) is 45.0. The van der Waals surface area contributed by atoms with Crippen molar-refractivity contribution >= 4 is 17.8 Å². The molecule has 0 aromatic carbocycles. The van der Waals surface area contributed by atoms with Gasteiger partial charge in [0.25, 0.3) is 0 Å². The van der Waals surface area contributed by atoms with Crippen molar-refractivity contribution < 1.29 is 29.7 Å². The monoisotopic (exact) mass is 859 g/mol. The molecule has 0 bridgehead atoms. The van der Waals surface area contributed by atoms with Gasteiger partial charge in [0.15, 0.2) is 0 Å². The number of hydrogen-bond acceptors (Lipinski definition) is 5. The Kier molecular flexibility index (Phi) is 22.0. The number of aliphatic carboxylic acids is 1. The summed E-state index contributed by atoms with van der Waals surface area (Å²) < 4.78 is 0. The van der Waals surface area contributed by atoms with Crippen LogP contribution in [0.5, 0.6) is 0 Å². The number of hydrogen-bond donors (Lipinski definition) is 5. The lowest BCUT2D eigenvalue weighted by Gasteiger charge is -2.64. The Bertz CT molecular complexity index is 1560. The maximum absolute atomic E-state index is 13.1. The Morgan fingerprint density at radius 1 is 0.677 bits per heavy atom. The molecule has 0 spiro atoms. The molecule has 4 rings (SSSR count). The summed E-state index contributed by atoms with van der Waals surface area (Å²) in [6, 6.07) is -0.935. The van der Waals surface area contributed by atoms with Crippen molar-refractivity contribution in [1.82, 2.24) is 10.6 Å². The van der Waals surface area contributed by atoms with Crippen LogP contribution in [-0.4, -0.2) is 57.9 Å². The van der Waals surface area contributed by atoms with Crippen molar-refractivity contribution in [3.63, 3.8) is 0 Å². The lowest BCUT2D eigenvalue weighted by atomic mass is 9.41. The van der Waals surface area contributed by atoms with E-state index in [1.54, 1.807) is 0 Å². The highest BCUT2D eigenvalue weighted by molar-refractivity contribution is 5.83. The minimum Gasteiger partial charge on any atom is -0.480 e. The van der Waals surface area contributed by atoms with Crippen molar-refractivity contribution in [2.75, 3.05) is 6.54 Å². The van der Waals surface area contributed by atoms with E-state index in [0.29, 0.717) is 80.6 Å². The highest BCUT2D eigenvalue weighted by Crippen LogP contribution is 2.69. The summed E-state index contributed by atoms with van der Waals surface area (Å²) in [5.41, 5.74) is 0.305. The van der Waals surface area contributed by atoms with E-state index in [4.69, 9.17) is 0 Å². The SMILES string of the molecule is CCC=CCC=CCC=CCC=CCC=CCC=CCCC(=O)NCCCCC(NC(=O)CC[C@@H](C)C1CC[C@H]2[C@@H]3[C@H](O)[C@H](CC)[C@@H]4C[C@H](O)CC[C@]4(C)[C@H]3CC[C@]12C)C(=O)O. The molecular weight excluding hydrogens is 773 g/mol. The number of carboxylic acids is 1. The van der Waals surface area contributed by atoms with Crippen LogP contribution in [0, 0.1) is 52.3 Å². The molecule has 0 saturated heterocycles. The second-order valence-electron chi connectivity index (χ2n) is 19.9. The number of fused-ring (bicyclic) bond motifs is 5. The van der Waals surface area contributed by atoms with Crippen LogP contribution >= 0.6 is 0 Å². The van der Waals surface area contributed by atoms with Gasteiger partial charge in [-0.2, -0.15) is 0 Å². The van der Waals surface area contributed by atoms with Gasteiger partial charge in [-0.05, 0) is 168 Å². The first-order valence-electron chi connectivity index (χ1n) is 24.9. The molecule has 0 aliphatic heterocycles. The number of allylic oxidation sites excluding steroid dienone is 12. The minimum absolute atomic E-state index is 0.00910. The summed E-state index contributed by atoms with van der Waals surface area (Å²) in [7, 11) is 0. The molecule has 0 aromatic rings. The summed E-state index contributed by atoms with van der Waals surface area (Å²) in [6.07, 6.45) is 43.1. The second-order valence-corrected chi connectivity index (χ2v) is 19.9. The zero-order valence-electron chi connectivity index (χ0n) is 39.3. The van der Waals surface area contributed by atoms with Crippen molar-refractivity contribution in [3.05, 3.63) is 72.9 Å². The maximum atomic E-state index is 13.1. The molecule has 4 aliphatic carbocycles. The molecule has 4 saturated carbocycles. The Morgan fingerprint density at radius 3 is 1.85 bits per heavy atom. The average Bonchev–Trinajstić information content (AvgIpc) is 3.60. The molecule has 2 unspecified atom stereocenters. The molecule has 8 nitrogen and oxygen atoms in total. The number of carboxylic acid groups (broad SMARTS) is 1. The third kappa shape index (κ3) is 14.7. The van der Waals surface area contributed by atoms with Crippen molar-refractivity contribution in [3.8, 4) is 0 Å². The topological polar surface area (TPSA) is 136 Å². The van der Waals surface area contributed by atoms with Gasteiger partial charge in [0.2, 0.25) is 11.8 Å². The summed E-state index contributed by atoms with van der Waals surface area (Å²) in [4.78, 5) is 37.5. The largest absolute Gasteiger partial charge is 0.480 e. The van der Waals surface area contributed by atoms with E-state index < -0.39 is 12.0 Å². The van der Waals surface area contributed by atoms with Gasteiger partial charge < -0.3 is 26.0 Å². The standard InChI is InChI=1S/C54H86N2O6/c1-6-8-9-10-11-12-13-14-15-16-17-18-19-20-21-22-23-24-25-29-48(58)55-38-27-26-28-47(52(61)62)56-49(59)33-30-40(3)43-31-32-44-50-45(35-37-53(43,44)4)54(5)36-34-41(57)39-46(54)42(7-2)51(50)60/h8-9,11-12,14-15,17-18,20-21,23-24,40-47,50-51,57,60H,6-7,10,13,16,19,22,25-39H2,1-5H3,(H,55,58)(H,56,59)(H,61,62)/t40-,41-,42-,43?,44+,45+,46+,47?,50+,51-,53-,54-/m1/s1. The molecule has 348 valence electrons. The van der Waals surface area contributed by atoms with Gasteiger partial charge in [0, 0.05) is 19.4 Å². The third-order valence-corrected chi connectivity index (χ3v) is 16.0. The normalized spacial score (nSPS) is 32.2. The molecule has 62 heavy (non-hydrogen) atoms. The molecule has 4 fully saturated rings. The van der Waals surface area contributed by atoms with E-state index in [0.717, 1.165) is 96.3 Å². The molecule has 0 radical (unpaired) electrons. The van der Waals surface area contributed by atoms with Crippen molar-refractivity contribution in [1.29, 1.82) is 0 Å². The molecule has 8 heteroatoms. The molecule has 0 aromatic heterocycles. The molecule has 4 aliphatic rings. The summed E-state index contributed by atoms with van der Waals surface area (Å²) in [5.74, 6) is 1.47. The van der Waals surface area contributed by atoms with Gasteiger partial charge >= 0.3 is 5.97 Å². The highest BCUT2D eigenvalue weighted by atomic mass is 16.4. The van der Waals surface area contributed by atoms with Gasteiger partial charge in [0.05, 0.1) is 12.2 Å². The van der Waals surface area contributed by atoms with E-state index in [9.17, 15) is 29.7 Å². The average molecular weight is 859 g/mol. The predicted octanol–water partition coefficient (Wildman–Crippen LogP) is 11.4. The van der Waals surface area contributed by atoms with Crippen LogP contribution in [0.4, 0.5) is 0 Å². The summed E-state index contributed by atoms with van der Waals surface area (Å²) in [5, 5.41) is 38.3. The van der Waals surface area contributed by atoms with Crippen LogP contribution in [0.15, 0.2) is 72.9 Å². The zero-order valence-corrected chi connectivity index (χ0v) is 39.3. The Balaban J connectivity index is 1.07. The first-order chi connectivity index (χ1) is 29.9. The Morgan fingerprint density at radius 2 is 1.26 bits per heavy atom. The van der Waals surface area contributed by atoms with Crippen LogP contribution in [0.3, 0.4) is 0 Å². The lowest BCUT2D eigenvalue weighted by molar-refractivity contribution is -0.203. The van der Waals surface area contributed by atoms with E-state index in [1.165, 1.54) is 0 Å². The van der Waals surface area contributed by atoms with Crippen LogP contribution < -0.4 is 10.6 Å². The number of amides is 2. The van der Waals surface area contributed by atoms with E-state index in [-0.39, 0.29) is 40.8 Å². The van der Waals surface area contributed by atoms with E-state index in [2.05, 4.69) is 112 Å². The first-order valence-corrected chi connectivity index (χ1v) is 24.9. The van der Waals surface area contributed by atoms with Crippen molar-refractivity contribution in [2.24, 2.45) is 52.3 Å². The van der Waals surface area contributed by atoms with Gasteiger partial charge in [0.1, 0.15) is 6.04 Å².